The first-order chi connectivity index (χ1) is 28.5. The molecule has 2 aromatic heterocycles. The van der Waals surface area contributed by atoms with Crippen molar-refractivity contribution in [2.45, 2.75) is 37.9 Å². The first-order valence-corrected chi connectivity index (χ1v) is 21.0. The third-order valence-electron chi connectivity index (χ3n) is 9.15. The van der Waals surface area contributed by atoms with Crippen molar-refractivity contribution in [3.63, 3.8) is 0 Å². The number of ether oxygens (including phenoxy) is 3. The van der Waals surface area contributed by atoms with Crippen LogP contribution in [0.3, 0.4) is 0 Å². The predicted molar refractivity (Wildman–Crippen MR) is 238 cm³/mol. The summed E-state index contributed by atoms with van der Waals surface area (Å²) in [5.41, 5.74) is 2.87. The fourth-order valence-corrected chi connectivity index (χ4v) is 7.98. The van der Waals surface area contributed by atoms with E-state index in [1.54, 1.807) is 60.5 Å². The van der Waals surface area contributed by atoms with Crippen LogP contribution in [0.25, 0.3) is 4.85 Å². The second kappa shape index (κ2) is 23.9. The number of hydrogen-bond acceptors (Lipinski definition) is 13. The normalized spacial score (nSPS) is 16.8. The van der Waals surface area contributed by atoms with Gasteiger partial charge < -0.3 is 29.3 Å². The number of cyclic esters (lactones) is 2. The SMILES string of the molecule is CN1CCON=C1c1ccc(N2C[C@H](CCC(=O)c3ccc(Cl)s3)OC2=O)cc1.CNCCOC.Cl.[C-]#[N+]c1ccc(N2C[C@H](CCC(=O)c3ccc(Cl)s3)OC2=O)cc1. The maximum absolute atomic E-state index is 12.3. The lowest BCUT2D eigenvalue weighted by Crippen LogP contribution is -2.34. The van der Waals surface area contributed by atoms with Crippen molar-refractivity contribution in [2.24, 2.45) is 5.16 Å². The van der Waals surface area contributed by atoms with Gasteiger partial charge in [0, 0.05) is 50.5 Å². The molecule has 0 unspecified atom stereocenters. The largest absolute Gasteiger partial charge is 0.444 e. The molecule has 2 aromatic carbocycles. The number of likely N-dealkylation sites (N-methyl/N-ethyl adjacent to an activating group) is 2. The lowest BCUT2D eigenvalue weighted by Gasteiger charge is -2.24. The summed E-state index contributed by atoms with van der Waals surface area (Å²) in [7, 11) is 5.56. The number of ketones is 2. The van der Waals surface area contributed by atoms with Gasteiger partial charge in [0.15, 0.2) is 23.1 Å². The van der Waals surface area contributed by atoms with Crippen molar-refractivity contribution >= 4 is 105 Å². The van der Waals surface area contributed by atoms with Gasteiger partial charge in [0.1, 0.15) is 18.8 Å². The molecule has 3 aliphatic heterocycles. The number of oxime groups is 1. The molecule has 0 bridgehead atoms. The number of thiophene rings is 2. The van der Waals surface area contributed by atoms with Crippen molar-refractivity contribution < 1.29 is 38.2 Å². The summed E-state index contributed by atoms with van der Waals surface area (Å²) >= 11 is 14.2. The number of amidine groups is 1. The molecule has 5 heterocycles. The minimum absolute atomic E-state index is 0. The molecular formula is C41H45Cl3N6O8S2. The van der Waals surface area contributed by atoms with Crippen LogP contribution in [0.4, 0.5) is 26.7 Å². The topological polar surface area (TPSA) is 144 Å². The molecule has 0 saturated carbocycles. The van der Waals surface area contributed by atoms with Crippen LogP contribution in [-0.2, 0) is 19.0 Å². The quantitative estimate of drug-likeness (QED) is 0.0739. The van der Waals surface area contributed by atoms with Crippen LogP contribution in [0, 0.1) is 6.57 Å². The van der Waals surface area contributed by atoms with E-state index in [1.165, 1.54) is 27.6 Å². The van der Waals surface area contributed by atoms with Crippen LogP contribution < -0.4 is 15.1 Å². The van der Waals surface area contributed by atoms with Crippen LogP contribution >= 0.6 is 58.3 Å². The van der Waals surface area contributed by atoms with Crippen molar-refractivity contribution in [1.29, 1.82) is 0 Å². The molecule has 19 heteroatoms. The summed E-state index contributed by atoms with van der Waals surface area (Å²) in [5.74, 6) is 0.778. The highest BCUT2D eigenvalue weighted by atomic mass is 35.5. The van der Waals surface area contributed by atoms with Gasteiger partial charge in [0.2, 0.25) is 0 Å². The monoisotopic (exact) mass is 918 g/mol. The molecule has 4 aromatic rings. The molecule has 14 nitrogen and oxygen atoms in total. The van der Waals surface area contributed by atoms with Crippen molar-refractivity contribution in [3.8, 4) is 0 Å². The Bertz CT molecular complexity index is 2120. The number of hydrogen-bond donors (Lipinski definition) is 1. The number of benzene rings is 2. The number of halogens is 3. The van der Waals surface area contributed by atoms with Crippen LogP contribution in [0.15, 0.2) is 78.0 Å². The molecular weight excluding hydrogens is 875 g/mol. The number of nitrogens with one attached hydrogen (secondary N) is 1. The Balaban J connectivity index is 0.000000233. The molecule has 0 aliphatic carbocycles. The fraction of sp³-hybridized carbons (Fsp3) is 0.366. The summed E-state index contributed by atoms with van der Waals surface area (Å²) in [5, 5.41) is 7.04. The number of carbonyl (C=O) groups is 4. The Morgan fingerprint density at radius 3 is 1.75 bits per heavy atom. The average molecular weight is 920 g/mol. The van der Waals surface area contributed by atoms with E-state index in [4.69, 9.17) is 48.8 Å². The second-order valence-electron chi connectivity index (χ2n) is 13.3. The lowest BCUT2D eigenvalue weighted by atomic mass is 10.1. The van der Waals surface area contributed by atoms with Gasteiger partial charge in [-0.25, -0.2) is 14.4 Å². The van der Waals surface area contributed by atoms with E-state index < -0.39 is 12.2 Å². The molecule has 320 valence electrons. The minimum atomic E-state index is -0.429. The Morgan fingerprint density at radius 2 is 1.35 bits per heavy atom. The zero-order valence-electron chi connectivity index (χ0n) is 33.1. The third kappa shape index (κ3) is 13.6. The van der Waals surface area contributed by atoms with E-state index in [1.807, 2.05) is 43.3 Å². The smallest absolute Gasteiger partial charge is 0.414 e. The minimum Gasteiger partial charge on any atom is -0.444 e. The maximum atomic E-state index is 12.3. The zero-order chi connectivity index (χ0) is 42.3. The summed E-state index contributed by atoms with van der Waals surface area (Å²) in [4.78, 5) is 63.5. The number of anilines is 2. The van der Waals surface area contributed by atoms with Gasteiger partial charge in [-0.2, -0.15) is 0 Å². The standard InChI is InChI=1S/C20H20ClN3O4S.C17H13ClN2O3S.C4H11NO.ClH/c1-23-10-11-27-22-19(23)13-2-4-14(5-3-13)24-12-15(28-20(24)26)6-7-16(25)17-8-9-18(21)29-17;1-19-11-2-4-12(5-3-11)20-10-13(23-17(20)22)6-7-14(21)15-8-9-16(18)24-15;1-5-3-4-6-2;/h2-5,8-9,15H,6-7,10-12H2,1H3;2-5,8-9,13H,6-7,10H2;5H,3-4H2,1-2H3;1H/t15-;13-;;/m00../s1. The van der Waals surface area contributed by atoms with E-state index in [9.17, 15) is 19.2 Å². The number of rotatable bonds is 14. The third-order valence-corrected chi connectivity index (χ3v) is 11.7. The second-order valence-corrected chi connectivity index (χ2v) is 16.7. The van der Waals surface area contributed by atoms with Crippen LogP contribution in [0.2, 0.25) is 8.67 Å². The van der Waals surface area contributed by atoms with Gasteiger partial charge in [-0.05, 0) is 80.6 Å². The van der Waals surface area contributed by atoms with Gasteiger partial charge in [0.25, 0.3) is 0 Å². The van der Waals surface area contributed by atoms with Gasteiger partial charge >= 0.3 is 12.2 Å². The molecule has 7 rings (SSSR count). The number of amides is 2. The Kier molecular flexibility index (Phi) is 19.1. The zero-order valence-corrected chi connectivity index (χ0v) is 37.1. The average Bonchev–Trinajstić information content (AvgIpc) is 4.06. The first-order valence-electron chi connectivity index (χ1n) is 18.7. The van der Waals surface area contributed by atoms with Gasteiger partial charge in [-0.15, -0.1) is 35.1 Å². The van der Waals surface area contributed by atoms with E-state index in [0.29, 0.717) is 75.2 Å². The lowest BCUT2D eigenvalue weighted by molar-refractivity contribution is 0.0939. The maximum Gasteiger partial charge on any atom is 0.414 e. The molecule has 60 heavy (non-hydrogen) atoms. The summed E-state index contributed by atoms with van der Waals surface area (Å²) in [6.45, 7) is 10.8. The fourth-order valence-electron chi connectivity index (χ4n) is 5.96. The Hall–Kier alpha value is -4.73. The number of carbonyl (C=O) groups excluding carboxylic acids is 4. The molecule has 2 fully saturated rings. The number of Topliss-reactive ketones (excluding diaryl/α,β-unsaturated/α-hetero) is 2. The van der Waals surface area contributed by atoms with Crippen molar-refractivity contribution in [2.75, 3.05) is 70.4 Å². The molecule has 3 aliphatic rings. The van der Waals surface area contributed by atoms with E-state index in [2.05, 4.69) is 15.3 Å². The van der Waals surface area contributed by atoms with Crippen LogP contribution in [-0.4, -0.2) is 107 Å². The molecule has 0 radical (unpaired) electrons. The van der Waals surface area contributed by atoms with Gasteiger partial charge in [0.05, 0.1) is 51.2 Å². The van der Waals surface area contributed by atoms with E-state index in [-0.39, 0.29) is 36.2 Å². The van der Waals surface area contributed by atoms with Crippen molar-refractivity contribution in [1.82, 2.24) is 10.2 Å². The highest BCUT2D eigenvalue weighted by Gasteiger charge is 2.34. The molecule has 2 atom stereocenters. The first kappa shape index (κ1) is 47.9. The number of methoxy groups -OCH3 is 1. The summed E-state index contributed by atoms with van der Waals surface area (Å²) in [6, 6.07) is 21.1. The highest BCUT2D eigenvalue weighted by molar-refractivity contribution is 7.18. The Morgan fingerprint density at radius 1 is 0.850 bits per heavy atom. The highest BCUT2D eigenvalue weighted by Crippen LogP contribution is 2.29. The van der Waals surface area contributed by atoms with Gasteiger partial charge in [-0.1, -0.05) is 40.5 Å². The van der Waals surface area contributed by atoms with Gasteiger partial charge in [-0.3, -0.25) is 19.4 Å². The Labute approximate surface area is 373 Å². The molecule has 2 saturated heterocycles. The predicted octanol–water partition coefficient (Wildman–Crippen LogP) is 9.23. The van der Waals surface area contributed by atoms with Crippen LogP contribution in [0.1, 0.15) is 50.6 Å². The summed E-state index contributed by atoms with van der Waals surface area (Å²) < 4.78 is 16.7. The molecule has 1 N–H and O–H groups in total. The van der Waals surface area contributed by atoms with Crippen LogP contribution in [0.5, 0.6) is 0 Å². The number of nitrogens with zero attached hydrogens (tertiary/aromatic N) is 5. The summed E-state index contributed by atoms with van der Waals surface area (Å²) in [6.07, 6.45) is 0.102. The molecule has 2 amide bonds. The van der Waals surface area contributed by atoms with Crippen molar-refractivity contribution in [3.05, 3.63) is 108 Å². The van der Waals surface area contributed by atoms with E-state index in [0.717, 1.165) is 36.8 Å². The molecule has 0 spiro atoms. The van der Waals surface area contributed by atoms with E-state index >= 15 is 0 Å².